The summed E-state index contributed by atoms with van der Waals surface area (Å²) in [6, 6.07) is 68.0. The molecule has 0 atom stereocenters. The van der Waals surface area contributed by atoms with E-state index in [1.807, 2.05) is 48.5 Å². The summed E-state index contributed by atoms with van der Waals surface area (Å²) < 4.78 is 9.11. The minimum atomic E-state index is 0.601. The number of rotatable bonds is 5. The predicted octanol–water partition coefficient (Wildman–Crippen LogP) is 13.8. The second-order valence-corrected chi connectivity index (χ2v) is 14.8. The molecule has 3 heterocycles. The highest BCUT2D eigenvalue weighted by atomic mass is 16.3. The monoisotopic (exact) mass is 740 g/mol. The van der Waals surface area contributed by atoms with Crippen LogP contribution in [0.25, 0.3) is 116 Å². The predicted molar refractivity (Wildman–Crippen MR) is 238 cm³/mol. The minimum absolute atomic E-state index is 0.601. The lowest BCUT2D eigenvalue weighted by Crippen LogP contribution is -2.01. The van der Waals surface area contributed by atoms with Gasteiger partial charge in [-0.1, -0.05) is 152 Å². The van der Waals surface area contributed by atoms with Crippen LogP contribution >= 0.6 is 0 Å². The molecule has 0 amide bonds. The highest BCUT2D eigenvalue weighted by Crippen LogP contribution is 2.42. The van der Waals surface area contributed by atoms with E-state index in [-0.39, 0.29) is 0 Å². The van der Waals surface area contributed by atoms with Gasteiger partial charge in [0, 0.05) is 49.3 Å². The Morgan fingerprint density at radius 1 is 0.345 bits per heavy atom. The van der Waals surface area contributed by atoms with Crippen LogP contribution in [-0.4, -0.2) is 19.5 Å². The van der Waals surface area contributed by atoms with Crippen molar-refractivity contribution in [2.24, 2.45) is 0 Å². The molecule has 5 heteroatoms. The molecular formula is C53H32N4O. The normalized spacial score (nSPS) is 11.8. The van der Waals surface area contributed by atoms with Gasteiger partial charge in [0.1, 0.15) is 11.2 Å². The van der Waals surface area contributed by atoms with Gasteiger partial charge in [0.25, 0.3) is 0 Å². The lowest BCUT2D eigenvalue weighted by atomic mass is 9.98. The van der Waals surface area contributed by atoms with Crippen LogP contribution in [-0.2, 0) is 0 Å². The third-order valence-electron chi connectivity index (χ3n) is 11.4. The fourth-order valence-corrected chi connectivity index (χ4v) is 8.63. The second-order valence-electron chi connectivity index (χ2n) is 14.8. The van der Waals surface area contributed by atoms with Crippen LogP contribution in [0.15, 0.2) is 199 Å². The van der Waals surface area contributed by atoms with Gasteiger partial charge in [-0.15, -0.1) is 0 Å². The fraction of sp³-hybridized carbons (Fsp3) is 0. The minimum Gasteiger partial charge on any atom is -0.455 e. The summed E-state index contributed by atoms with van der Waals surface area (Å²) in [5.41, 5.74) is 10.1. The summed E-state index contributed by atoms with van der Waals surface area (Å²) >= 11 is 0. The number of hydrogen-bond donors (Lipinski definition) is 0. The molecule has 9 aromatic carbocycles. The van der Waals surface area contributed by atoms with Crippen molar-refractivity contribution in [2.45, 2.75) is 0 Å². The third kappa shape index (κ3) is 5.14. The number of aromatic nitrogens is 4. The molecule has 0 saturated carbocycles. The highest BCUT2D eigenvalue weighted by Gasteiger charge is 2.21. The van der Waals surface area contributed by atoms with E-state index in [4.69, 9.17) is 19.4 Å². The summed E-state index contributed by atoms with van der Waals surface area (Å²) in [4.78, 5) is 15.5. The maximum atomic E-state index is 6.73. The lowest BCUT2D eigenvalue weighted by molar-refractivity contribution is 0.672. The van der Waals surface area contributed by atoms with Gasteiger partial charge < -0.3 is 8.98 Å². The van der Waals surface area contributed by atoms with Crippen molar-refractivity contribution in [1.29, 1.82) is 0 Å². The largest absolute Gasteiger partial charge is 0.455 e. The van der Waals surface area contributed by atoms with Crippen molar-refractivity contribution in [3.05, 3.63) is 194 Å². The van der Waals surface area contributed by atoms with E-state index < -0.39 is 0 Å². The standard InChI is InChI=1S/C53H32N4O/c1-3-13-33(14-4-1)34-23-25-36(26-24-34)52-54-51(35-15-5-2-6-16-35)55-53(56-52)46-32-45-42-20-10-12-22-49(42)58-50(45)44-31-39(27-28-40(44)46)57-47-21-11-9-19-41(47)43-29-37-17-7-8-18-38(37)30-48(43)57/h1-32H. The zero-order valence-electron chi connectivity index (χ0n) is 31.2. The van der Waals surface area contributed by atoms with E-state index in [9.17, 15) is 0 Å². The van der Waals surface area contributed by atoms with E-state index in [1.165, 1.54) is 21.5 Å². The lowest BCUT2D eigenvalue weighted by Gasteiger charge is -2.13. The average molecular weight is 741 g/mol. The number of fused-ring (bicyclic) bond motifs is 9. The molecule has 270 valence electrons. The van der Waals surface area contributed by atoms with Gasteiger partial charge in [0.15, 0.2) is 17.5 Å². The number of furan rings is 1. The number of benzene rings is 9. The maximum Gasteiger partial charge on any atom is 0.164 e. The van der Waals surface area contributed by atoms with Gasteiger partial charge in [0.05, 0.1) is 11.0 Å². The Morgan fingerprint density at radius 2 is 0.914 bits per heavy atom. The van der Waals surface area contributed by atoms with Crippen molar-refractivity contribution >= 4 is 65.3 Å². The van der Waals surface area contributed by atoms with Crippen molar-refractivity contribution in [1.82, 2.24) is 19.5 Å². The van der Waals surface area contributed by atoms with Gasteiger partial charge in [-0.3, -0.25) is 0 Å². The Hall–Kier alpha value is -7.89. The van der Waals surface area contributed by atoms with Crippen LogP contribution < -0.4 is 0 Å². The number of hydrogen-bond acceptors (Lipinski definition) is 4. The molecule has 5 nitrogen and oxygen atoms in total. The molecule has 12 aromatic rings. The van der Waals surface area contributed by atoms with Gasteiger partial charge in [-0.05, 0) is 69.8 Å². The molecule has 0 saturated heterocycles. The first-order valence-electron chi connectivity index (χ1n) is 19.5. The highest BCUT2D eigenvalue weighted by molar-refractivity contribution is 6.20. The Morgan fingerprint density at radius 3 is 1.69 bits per heavy atom. The molecule has 12 rings (SSSR count). The van der Waals surface area contributed by atoms with Gasteiger partial charge in [-0.25, -0.2) is 15.0 Å². The molecule has 0 bridgehead atoms. The smallest absolute Gasteiger partial charge is 0.164 e. The van der Waals surface area contributed by atoms with Crippen LogP contribution in [0.5, 0.6) is 0 Å². The quantitative estimate of drug-likeness (QED) is 0.176. The SMILES string of the molecule is c1ccc(-c2ccc(-c3nc(-c4ccccc4)nc(-c4cc5c6ccccc6oc5c5cc(-n6c7ccccc7c7cc8ccccc8cc76)ccc45)n3)cc2)cc1. The van der Waals surface area contributed by atoms with E-state index >= 15 is 0 Å². The van der Waals surface area contributed by atoms with Crippen LogP contribution in [0, 0.1) is 0 Å². The third-order valence-corrected chi connectivity index (χ3v) is 11.4. The molecule has 0 radical (unpaired) electrons. The first-order valence-corrected chi connectivity index (χ1v) is 19.5. The molecule has 0 fully saturated rings. The summed E-state index contributed by atoms with van der Waals surface area (Å²) in [6.45, 7) is 0. The van der Waals surface area contributed by atoms with E-state index in [0.717, 1.165) is 77.2 Å². The number of para-hydroxylation sites is 2. The van der Waals surface area contributed by atoms with Crippen LogP contribution in [0.2, 0.25) is 0 Å². The van der Waals surface area contributed by atoms with Gasteiger partial charge in [0.2, 0.25) is 0 Å². The average Bonchev–Trinajstić information content (AvgIpc) is 3.84. The molecule has 0 spiro atoms. The van der Waals surface area contributed by atoms with Crippen molar-refractivity contribution in [3.63, 3.8) is 0 Å². The molecule has 3 aromatic heterocycles. The first-order chi connectivity index (χ1) is 28.7. The number of nitrogens with zero attached hydrogens (tertiary/aromatic N) is 4. The van der Waals surface area contributed by atoms with Crippen molar-refractivity contribution in [3.8, 4) is 51.0 Å². The maximum absolute atomic E-state index is 6.73. The van der Waals surface area contributed by atoms with Crippen LogP contribution in [0.4, 0.5) is 0 Å². The molecule has 0 aliphatic heterocycles. The molecule has 0 aliphatic rings. The summed E-state index contributed by atoms with van der Waals surface area (Å²) in [5, 5.41) is 8.91. The Bertz CT molecular complexity index is 3550. The molecule has 0 N–H and O–H groups in total. The Kier molecular flexibility index (Phi) is 7.16. The topological polar surface area (TPSA) is 56.7 Å². The molecular weight excluding hydrogens is 709 g/mol. The van der Waals surface area contributed by atoms with E-state index in [1.54, 1.807) is 0 Å². The fourth-order valence-electron chi connectivity index (χ4n) is 8.63. The van der Waals surface area contributed by atoms with E-state index in [0.29, 0.717) is 17.5 Å². The molecule has 0 aliphatic carbocycles. The van der Waals surface area contributed by atoms with Gasteiger partial charge in [-0.2, -0.15) is 0 Å². The van der Waals surface area contributed by atoms with Crippen LogP contribution in [0.1, 0.15) is 0 Å². The Labute approximate surface area is 333 Å². The Balaban J connectivity index is 1.12. The van der Waals surface area contributed by atoms with Gasteiger partial charge >= 0.3 is 0 Å². The van der Waals surface area contributed by atoms with Crippen molar-refractivity contribution < 1.29 is 4.42 Å². The molecule has 0 unspecified atom stereocenters. The summed E-state index contributed by atoms with van der Waals surface area (Å²) in [5.74, 6) is 1.83. The first kappa shape index (κ1) is 32.4. The molecule has 58 heavy (non-hydrogen) atoms. The van der Waals surface area contributed by atoms with Crippen LogP contribution in [0.3, 0.4) is 0 Å². The van der Waals surface area contributed by atoms with E-state index in [2.05, 4.69) is 150 Å². The zero-order valence-corrected chi connectivity index (χ0v) is 31.2. The summed E-state index contributed by atoms with van der Waals surface area (Å²) in [7, 11) is 0. The summed E-state index contributed by atoms with van der Waals surface area (Å²) in [6.07, 6.45) is 0. The second kappa shape index (κ2) is 12.8. The zero-order chi connectivity index (χ0) is 38.2. The van der Waals surface area contributed by atoms with Crippen molar-refractivity contribution in [2.75, 3.05) is 0 Å².